The molecule has 0 aliphatic carbocycles. The predicted molar refractivity (Wildman–Crippen MR) is 79.5 cm³/mol. The number of anilines is 1. The van der Waals surface area contributed by atoms with Crippen molar-refractivity contribution in [1.29, 1.82) is 0 Å². The highest BCUT2D eigenvalue weighted by Crippen LogP contribution is 2.27. The van der Waals surface area contributed by atoms with Gasteiger partial charge in [0.2, 0.25) is 0 Å². The van der Waals surface area contributed by atoms with Crippen LogP contribution in [0.5, 0.6) is 0 Å². The van der Waals surface area contributed by atoms with Crippen LogP contribution in [0.1, 0.15) is 13.3 Å². The van der Waals surface area contributed by atoms with E-state index < -0.39 is 6.09 Å². The molecule has 0 aromatic heterocycles. The lowest BCUT2D eigenvalue weighted by atomic mass is 10.3. The van der Waals surface area contributed by atoms with Crippen LogP contribution in [0.15, 0.2) is 22.7 Å². The molecule has 0 N–H and O–H groups in total. The van der Waals surface area contributed by atoms with Gasteiger partial charge in [-0.05, 0) is 47.1 Å². The lowest BCUT2D eigenvalue weighted by Gasteiger charge is -2.21. The average Bonchev–Trinajstić information content (AvgIpc) is 2.85. The summed E-state index contributed by atoms with van der Waals surface area (Å²) in [6.07, 6.45) is 0.377. The van der Waals surface area contributed by atoms with Crippen LogP contribution < -0.4 is 4.90 Å². The summed E-state index contributed by atoms with van der Waals surface area (Å²) in [4.78, 5) is 15.7. The van der Waals surface area contributed by atoms with E-state index >= 15 is 0 Å². The number of benzene rings is 1. The fourth-order valence-corrected chi connectivity index (χ4v) is 2.87. The summed E-state index contributed by atoms with van der Waals surface area (Å²) in [5, 5.41) is 0. The Morgan fingerprint density at radius 2 is 2.35 bits per heavy atom. The lowest BCUT2D eigenvalue weighted by molar-refractivity contribution is 0.108. The van der Waals surface area contributed by atoms with E-state index in [0.29, 0.717) is 10.2 Å². The molecule has 1 fully saturated rings. The molecule has 1 aliphatic rings. The third-order valence-corrected chi connectivity index (χ3v) is 4.12. The van der Waals surface area contributed by atoms with Gasteiger partial charge in [-0.2, -0.15) is 0 Å². The number of ether oxygens (including phenoxy) is 1. The second-order valence-corrected chi connectivity index (χ2v) is 5.70. The zero-order chi connectivity index (χ0) is 14.7. The maximum Gasteiger partial charge on any atom is 0.414 e. The summed E-state index contributed by atoms with van der Waals surface area (Å²) in [6.45, 7) is 4.79. The van der Waals surface area contributed by atoms with Crippen LogP contribution in [0.3, 0.4) is 0 Å². The van der Waals surface area contributed by atoms with Crippen molar-refractivity contribution in [2.24, 2.45) is 0 Å². The molecule has 0 radical (unpaired) electrons. The molecule has 1 aromatic carbocycles. The SMILES string of the molecule is CCN1CC[C@@H](OC(=O)N(C)c2ccc(F)cc2Br)C1. The first kappa shape index (κ1) is 15.3. The van der Waals surface area contributed by atoms with Gasteiger partial charge in [0.05, 0.1) is 5.69 Å². The van der Waals surface area contributed by atoms with Gasteiger partial charge in [-0.15, -0.1) is 0 Å². The molecule has 20 heavy (non-hydrogen) atoms. The lowest BCUT2D eigenvalue weighted by Crippen LogP contribution is -2.32. The predicted octanol–water partition coefficient (Wildman–Crippen LogP) is 3.26. The number of rotatable bonds is 3. The first-order valence-electron chi connectivity index (χ1n) is 6.63. The van der Waals surface area contributed by atoms with Gasteiger partial charge in [0.15, 0.2) is 0 Å². The Hall–Kier alpha value is -1.14. The molecule has 1 atom stereocenters. The number of nitrogens with zero attached hydrogens (tertiary/aromatic N) is 2. The number of halogens is 2. The van der Waals surface area contributed by atoms with Crippen molar-refractivity contribution in [2.45, 2.75) is 19.4 Å². The number of amides is 1. The smallest absolute Gasteiger partial charge is 0.414 e. The Bertz CT molecular complexity index is 498. The molecule has 0 unspecified atom stereocenters. The fourth-order valence-electron chi connectivity index (χ4n) is 2.25. The first-order chi connectivity index (χ1) is 9.51. The van der Waals surface area contributed by atoms with Crippen molar-refractivity contribution >= 4 is 27.7 Å². The molecule has 1 aliphatic heterocycles. The van der Waals surface area contributed by atoms with Crippen molar-refractivity contribution in [1.82, 2.24) is 4.90 Å². The van der Waals surface area contributed by atoms with Crippen LogP contribution in [0, 0.1) is 5.82 Å². The number of carbonyl (C=O) groups excluding carboxylic acids is 1. The third kappa shape index (κ3) is 3.49. The minimum Gasteiger partial charge on any atom is -0.444 e. The first-order valence-corrected chi connectivity index (χ1v) is 7.42. The molecule has 4 nitrogen and oxygen atoms in total. The van der Waals surface area contributed by atoms with Crippen molar-refractivity contribution in [3.8, 4) is 0 Å². The topological polar surface area (TPSA) is 32.8 Å². The van der Waals surface area contributed by atoms with E-state index in [-0.39, 0.29) is 11.9 Å². The standard InChI is InChI=1S/C14H18BrFN2O2/c1-3-18-7-6-11(9-18)20-14(19)17(2)13-5-4-10(16)8-12(13)15/h4-5,8,11H,3,6-7,9H2,1-2H3/t11-/m1/s1. The monoisotopic (exact) mass is 344 g/mol. The summed E-state index contributed by atoms with van der Waals surface area (Å²) in [5.74, 6) is -0.350. The maximum absolute atomic E-state index is 13.1. The van der Waals surface area contributed by atoms with E-state index in [1.54, 1.807) is 13.1 Å². The van der Waals surface area contributed by atoms with Crippen LogP contribution in [0.2, 0.25) is 0 Å². The molecular formula is C14H18BrFN2O2. The Morgan fingerprint density at radius 1 is 1.60 bits per heavy atom. The molecule has 0 bridgehead atoms. The number of hydrogen-bond donors (Lipinski definition) is 0. The summed E-state index contributed by atoms with van der Waals surface area (Å²) in [7, 11) is 1.62. The molecule has 110 valence electrons. The quantitative estimate of drug-likeness (QED) is 0.843. The maximum atomic E-state index is 13.1. The molecule has 0 spiro atoms. The Morgan fingerprint density at radius 3 is 2.95 bits per heavy atom. The number of likely N-dealkylation sites (tertiary alicyclic amines) is 1. The molecule has 1 heterocycles. The van der Waals surface area contributed by atoms with Crippen LogP contribution in [-0.2, 0) is 4.74 Å². The fraction of sp³-hybridized carbons (Fsp3) is 0.500. The normalized spacial score (nSPS) is 19.1. The van der Waals surface area contributed by atoms with Crippen LogP contribution in [-0.4, -0.2) is 43.8 Å². The van der Waals surface area contributed by atoms with Crippen LogP contribution in [0.25, 0.3) is 0 Å². The number of hydrogen-bond acceptors (Lipinski definition) is 3. The summed E-state index contributed by atoms with van der Waals surface area (Å²) in [6, 6.07) is 4.19. The molecular weight excluding hydrogens is 327 g/mol. The third-order valence-electron chi connectivity index (χ3n) is 3.49. The van der Waals surface area contributed by atoms with Crippen molar-refractivity contribution in [3.05, 3.63) is 28.5 Å². The van der Waals surface area contributed by atoms with Crippen molar-refractivity contribution in [2.75, 3.05) is 31.6 Å². The van der Waals surface area contributed by atoms with E-state index in [0.717, 1.165) is 26.1 Å². The van der Waals surface area contributed by atoms with Gasteiger partial charge in [-0.1, -0.05) is 6.92 Å². The van der Waals surface area contributed by atoms with Gasteiger partial charge in [-0.25, -0.2) is 9.18 Å². The van der Waals surface area contributed by atoms with E-state index in [9.17, 15) is 9.18 Å². The summed E-state index contributed by atoms with van der Waals surface area (Å²) in [5.41, 5.74) is 0.585. The largest absolute Gasteiger partial charge is 0.444 e. The molecule has 1 amide bonds. The van der Waals surface area contributed by atoms with Gasteiger partial charge < -0.3 is 4.74 Å². The minimum atomic E-state index is -0.416. The van der Waals surface area contributed by atoms with E-state index in [2.05, 4.69) is 27.8 Å². The van der Waals surface area contributed by atoms with Crippen LogP contribution >= 0.6 is 15.9 Å². The van der Waals surface area contributed by atoms with Gasteiger partial charge in [0.1, 0.15) is 11.9 Å². The molecule has 2 rings (SSSR count). The number of carbonyl (C=O) groups is 1. The van der Waals surface area contributed by atoms with Gasteiger partial charge in [0, 0.05) is 24.6 Å². The molecule has 6 heteroatoms. The van der Waals surface area contributed by atoms with E-state index in [1.165, 1.54) is 17.0 Å². The summed E-state index contributed by atoms with van der Waals surface area (Å²) >= 11 is 3.25. The highest BCUT2D eigenvalue weighted by atomic mass is 79.9. The Labute approximate surface area is 126 Å². The highest BCUT2D eigenvalue weighted by molar-refractivity contribution is 9.10. The Kier molecular flexibility index (Phi) is 4.99. The zero-order valence-corrected chi connectivity index (χ0v) is 13.2. The zero-order valence-electron chi connectivity index (χ0n) is 11.6. The average molecular weight is 345 g/mol. The van der Waals surface area contributed by atoms with Crippen molar-refractivity contribution in [3.63, 3.8) is 0 Å². The van der Waals surface area contributed by atoms with E-state index in [4.69, 9.17) is 4.74 Å². The minimum absolute atomic E-state index is 0.0656. The van der Waals surface area contributed by atoms with Crippen LogP contribution in [0.4, 0.5) is 14.9 Å². The second-order valence-electron chi connectivity index (χ2n) is 4.84. The molecule has 1 saturated heterocycles. The van der Waals surface area contributed by atoms with Crippen molar-refractivity contribution < 1.29 is 13.9 Å². The Balaban J connectivity index is 1.98. The van der Waals surface area contributed by atoms with Gasteiger partial charge >= 0.3 is 6.09 Å². The summed E-state index contributed by atoms with van der Waals surface area (Å²) < 4.78 is 19.1. The van der Waals surface area contributed by atoms with Gasteiger partial charge in [-0.3, -0.25) is 9.80 Å². The van der Waals surface area contributed by atoms with E-state index in [1.807, 2.05) is 0 Å². The molecule has 1 aromatic rings. The number of likely N-dealkylation sites (N-methyl/N-ethyl adjacent to an activating group) is 1. The van der Waals surface area contributed by atoms with Gasteiger partial charge in [0.25, 0.3) is 0 Å². The highest BCUT2D eigenvalue weighted by Gasteiger charge is 2.26. The molecule has 0 saturated carbocycles. The second kappa shape index (κ2) is 6.54.